The Morgan fingerprint density at radius 1 is 1.08 bits per heavy atom. The van der Waals surface area contributed by atoms with Gasteiger partial charge in [-0.2, -0.15) is 8.78 Å². The molecule has 0 unspecified atom stereocenters. The highest BCUT2D eigenvalue weighted by atomic mass is 19.3. The number of halogens is 2. The zero-order valence-electron chi connectivity index (χ0n) is 15.0. The third-order valence-electron chi connectivity index (χ3n) is 4.14. The summed E-state index contributed by atoms with van der Waals surface area (Å²) in [7, 11) is 0. The Balaban J connectivity index is 1.96. The van der Waals surface area contributed by atoms with Crippen molar-refractivity contribution in [2.24, 2.45) is 0 Å². The number of carbonyl (C=O) groups is 1. The number of carbonyl (C=O) groups excluding carboxylic acids is 1. The first-order chi connectivity index (χ1) is 12.5. The Morgan fingerprint density at radius 2 is 1.73 bits per heavy atom. The molecule has 0 bridgehead atoms. The summed E-state index contributed by atoms with van der Waals surface area (Å²) in [4.78, 5) is 14.6. The highest BCUT2D eigenvalue weighted by Gasteiger charge is 2.11. The van der Waals surface area contributed by atoms with E-state index >= 15 is 0 Å². The van der Waals surface area contributed by atoms with Crippen molar-refractivity contribution < 1.29 is 18.3 Å². The Morgan fingerprint density at radius 3 is 2.35 bits per heavy atom. The molecule has 1 N–H and O–H groups in total. The first kappa shape index (κ1) is 19.8. The van der Waals surface area contributed by atoms with Crippen LogP contribution < -0.4 is 10.1 Å². The van der Waals surface area contributed by atoms with E-state index in [9.17, 15) is 13.6 Å². The van der Waals surface area contributed by atoms with Crippen molar-refractivity contribution in [3.8, 4) is 5.75 Å². The average Bonchev–Trinajstić information content (AvgIpc) is 2.65. The molecule has 0 heterocycles. The lowest BCUT2D eigenvalue weighted by atomic mass is 10.1. The minimum Gasteiger partial charge on any atom is -0.434 e. The second-order valence-corrected chi connectivity index (χ2v) is 5.83. The number of nitrogens with zero attached hydrogens (tertiary/aromatic N) is 1. The van der Waals surface area contributed by atoms with Crippen molar-refractivity contribution in [3.05, 3.63) is 65.2 Å². The molecular formula is C20H24F2N2O2. The summed E-state index contributed by atoms with van der Waals surface area (Å²) in [5.74, 6) is -0.191. The van der Waals surface area contributed by atoms with Crippen LogP contribution in [0.5, 0.6) is 5.75 Å². The van der Waals surface area contributed by atoms with Crippen LogP contribution in [0.15, 0.2) is 48.5 Å². The van der Waals surface area contributed by atoms with E-state index in [1.807, 2.05) is 12.1 Å². The minimum atomic E-state index is -2.90. The number of amides is 1. The van der Waals surface area contributed by atoms with Crippen LogP contribution in [-0.4, -0.2) is 30.5 Å². The molecule has 2 rings (SSSR count). The van der Waals surface area contributed by atoms with E-state index in [1.165, 1.54) is 6.07 Å². The van der Waals surface area contributed by atoms with Gasteiger partial charge in [-0.05, 0) is 36.9 Å². The molecule has 26 heavy (non-hydrogen) atoms. The van der Waals surface area contributed by atoms with E-state index in [0.29, 0.717) is 11.1 Å². The van der Waals surface area contributed by atoms with Gasteiger partial charge in [0.1, 0.15) is 5.75 Å². The van der Waals surface area contributed by atoms with E-state index in [1.54, 1.807) is 30.3 Å². The van der Waals surface area contributed by atoms with Gasteiger partial charge < -0.3 is 10.1 Å². The van der Waals surface area contributed by atoms with Crippen molar-refractivity contribution in [1.82, 2.24) is 10.2 Å². The van der Waals surface area contributed by atoms with E-state index in [4.69, 9.17) is 0 Å². The first-order valence-electron chi connectivity index (χ1n) is 8.65. The molecule has 0 aliphatic heterocycles. The molecule has 0 aromatic heterocycles. The van der Waals surface area contributed by atoms with Crippen LogP contribution in [0.4, 0.5) is 8.78 Å². The van der Waals surface area contributed by atoms with Gasteiger partial charge in [0.2, 0.25) is 0 Å². The van der Waals surface area contributed by atoms with Crippen LogP contribution in [0.2, 0.25) is 0 Å². The first-order valence-corrected chi connectivity index (χ1v) is 8.65. The van der Waals surface area contributed by atoms with Crippen LogP contribution in [0, 0.1) is 0 Å². The fourth-order valence-corrected chi connectivity index (χ4v) is 2.61. The fraction of sp³-hybridized carbons (Fsp3) is 0.350. The van der Waals surface area contributed by atoms with Gasteiger partial charge in [-0.1, -0.05) is 44.2 Å². The quantitative estimate of drug-likeness (QED) is 0.731. The van der Waals surface area contributed by atoms with Crippen molar-refractivity contribution in [3.63, 3.8) is 0 Å². The molecule has 4 nitrogen and oxygen atoms in total. The number of rotatable bonds is 9. The summed E-state index contributed by atoms with van der Waals surface area (Å²) in [5, 5.41) is 2.74. The Hall–Kier alpha value is -2.47. The second-order valence-electron chi connectivity index (χ2n) is 5.83. The summed E-state index contributed by atoms with van der Waals surface area (Å²) < 4.78 is 29.3. The maximum Gasteiger partial charge on any atom is 0.387 e. The Kier molecular flexibility index (Phi) is 7.53. The maximum atomic E-state index is 12.4. The molecule has 1 amide bonds. The lowest BCUT2D eigenvalue weighted by molar-refractivity contribution is -0.0504. The Labute approximate surface area is 152 Å². The minimum absolute atomic E-state index is 0.0670. The monoisotopic (exact) mass is 362 g/mol. The van der Waals surface area contributed by atoms with Gasteiger partial charge in [0.05, 0.1) is 0 Å². The van der Waals surface area contributed by atoms with Crippen molar-refractivity contribution in [2.75, 3.05) is 13.1 Å². The predicted molar refractivity (Wildman–Crippen MR) is 97.3 cm³/mol. The van der Waals surface area contributed by atoms with Gasteiger partial charge in [0, 0.05) is 24.2 Å². The molecule has 6 heteroatoms. The zero-order chi connectivity index (χ0) is 18.9. The van der Waals surface area contributed by atoms with Gasteiger partial charge >= 0.3 is 6.61 Å². The molecule has 0 atom stereocenters. The summed E-state index contributed by atoms with van der Waals surface area (Å²) in [5.41, 5.74) is 2.17. The normalized spacial score (nSPS) is 11.0. The highest BCUT2D eigenvalue weighted by molar-refractivity contribution is 5.94. The zero-order valence-corrected chi connectivity index (χ0v) is 15.0. The number of benzene rings is 2. The van der Waals surface area contributed by atoms with E-state index < -0.39 is 6.61 Å². The van der Waals surface area contributed by atoms with Crippen LogP contribution >= 0.6 is 0 Å². The summed E-state index contributed by atoms with van der Waals surface area (Å²) in [6.07, 6.45) is 0. The third-order valence-corrected chi connectivity index (χ3v) is 4.14. The molecule has 0 aliphatic carbocycles. The van der Waals surface area contributed by atoms with Crippen molar-refractivity contribution >= 4 is 5.91 Å². The molecule has 2 aromatic carbocycles. The number of hydrogen-bond acceptors (Lipinski definition) is 3. The van der Waals surface area contributed by atoms with Gasteiger partial charge in [0.25, 0.3) is 5.91 Å². The van der Waals surface area contributed by atoms with Gasteiger partial charge in [-0.25, -0.2) is 0 Å². The van der Waals surface area contributed by atoms with Gasteiger partial charge in [0.15, 0.2) is 0 Å². The Bertz CT molecular complexity index is 701. The smallest absolute Gasteiger partial charge is 0.387 e. The standard InChI is InChI=1S/C20H24F2N2O2/c1-3-24(4-2)14-15-9-11-16(12-10-15)19(25)23-13-17-7-5-6-8-18(17)26-20(21)22/h5-12,20H,3-4,13-14H2,1-2H3,(H,23,25). The van der Waals surface area contributed by atoms with Crippen LogP contribution in [-0.2, 0) is 13.1 Å². The molecule has 0 spiro atoms. The molecule has 2 aromatic rings. The predicted octanol–water partition coefficient (Wildman–Crippen LogP) is 4.06. The van der Waals surface area contributed by atoms with Crippen LogP contribution in [0.1, 0.15) is 35.3 Å². The molecule has 0 fully saturated rings. The van der Waals surface area contributed by atoms with Gasteiger partial charge in [-0.3, -0.25) is 9.69 Å². The van der Waals surface area contributed by atoms with E-state index in [2.05, 4.69) is 28.8 Å². The van der Waals surface area contributed by atoms with E-state index in [0.717, 1.165) is 25.2 Å². The molecule has 140 valence electrons. The van der Waals surface area contributed by atoms with Crippen molar-refractivity contribution in [2.45, 2.75) is 33.5 Å². The maximum absolute atomic E-state index is 12.4. The number of nitrogens with one attached hydrogen (secondary N) is 1. The van der Waals surface area contributed by atoms with Crippen molar-refractivity contribution in [1.29, 1.82) is 0 Å². The molecule has 0 aliphatic rings. The second kappa shape index (κ2) is 9.87. The number of ether oxygens (including phenoxy) is 1. The molecule has 0 saturated heterocycles. The number of hydrogen-bond donors (Lipinski definition) is 1. The molecule has 0 radical (unpaired) electrons. The topological polar surface area (TPSA) is 41.6 Å². The number of para-hydroxylation sites is 1. The van der Waals surface area contributed by atoms with Crippen LogP contribution in [0.25, 0.3) is 0 Å². The van der Waals surface area contributed by atoms with E-state index in [-0.39, 0.29) is 18.2 Å². The molecule has 0 saturated carbocycles. The largest absolute Gasteiger partial charge is 0.434 e. The third kappa shape index (κ3) is 5.81. The summed E-state index contributed by atoms with van der Waals surface area (Å²) >= 11 is 0. The average molecular weight is 362 g/mol. The fourth-order valence-electron chi connectivity index (χ4n) is 2.61. The number of alkyl halides is 2. The molecular weight excluding hydrogens is 338 g/mol. The highest BCUT2D eigenvalue weighted by Crippen LogP contribution is 2.20. The lowest BCUT2D eigenvalue weighted by Gasteiger charge is -2.18. The summed E-state index contributed by atoms with van der Waals surface area (Å²) in [6, 6.07) is 13.8. The lowest BCUT2D eigenvalue weighted by Crippen LogP contribution is -2.24. The van der Waals surface area contributed by atoms with Gasteiger partial charge in [-0.15, -0.1) is 0 Å². The summed E-state index contributed by atoms with van der Waals surface area (Å²) in [6.45, 7) is 4.22. The van der Waals surface area contributed by atoms with Crippen LogP contribution in [0.3, 0.4) is 0 Å². The SMILES string of the molecule is CCN(CC)Cc1ccc(C(=O)NCc2ccccc2OC(F)F)cc1.